The van der Waals surface area contributed by atoms with Crippen molar-refractivity contribution in [1.29, 1.82) is 0 Å². The highest BCUT2D eigenvalue weighted by Crippen LogP contribution is 2.30. The molecule has 0 saturated carbocycles. The number of aromatic amines is 1. The number of fused-ring (bicyclic) bond motifs is 1. The van der Waals surface area contributed by atoms with E-state index >= 15 is 0 Å². The number of carbonyl (C=O) groups is 1. The first kappa shape index (κ1) is 17.8. The van der Waals surface area contributed by atoms with Crippen LogP contribution < -0.4 is 10.1 Å². The van der Waals surface area contributed by atoms with Crippen LogP contribution in [0.25, 0.3) is 11.0 Å². The molecular formula is C23H21N3O2. The number of benzene rings is 2. The van der Waals surface area contributed by atoms with Crippen molar-refractivity contribution in [2.24, 2.45) is 0 Å². The zero-order valence-electron chi connectivity index (χ0n) is 15.6. The maximum Gasteiger partial charge on any atom is 0.224 e. The molecule has 2 aromatic heterocycles. The molecule has 0 bridgehead atoms. The lowest BCUT2D eigenvalue weighted by atomic mass is 10.1. The van der Waals surface area contributed by atoms with Crippen molar-refractivity contribution in [2.75, 3.05) is 5.32 Å². The van der Waals surface area contributed by atoms with Crippen molar-refractivity contribution in [2.45, 2.75) is 19.8 Å². The minimum atomic E-state index is 0.00800. The van der Waals surface area contributed by atoms with Crippen LogP contribution in [0.5, 0.6) is 11.5 Å². The first-order valence-corrected chi connectivity index (χ1v) is 9.23. The summed E-state index contributed by atoms with van der Waals surface area (Å²) in [6, 6.07) is 19.2. The highest BCUT2D eigenvalue weighted by Gasteiger charge is 2.09. The number of nitrogens with zero attached hydrogens (tertiary/aromatic N) is 1. The lowest BCUT2D eigenvalue weighted by Gasteiger charge is -2.09. The first-order valence-electron chi connectivity index (χ1n) is 9.23. The van der Waals surface area contributed by atoms with Gasteiger partial charge in [-0.2, -0.15) is 0 Å². The molecule has 0 radical (unpaired) electrons. The molecule has 0 aliphatic heterocycles. The number of anilines is 1. The van der Waals surface area contributed by atoms with E-state index in [0.29, 0.717) is 12.8 Å². The Hall–Kier alpha value is -3.60. The van der Waals surface area contributed by atoms with E-state index in [4.69, 9.17) is 4.74 Å². The van der Waals surface area contributed by atoms with Crippen LogP contribution in [0.4, 0.5) is 5.69 Å². The molecule has 28 heavy (non-hydrogen) atoms. The van der Waals surface area contributed by atoms with Crippen molar-refractivity contribution < 1.29 is 9.53 Å². The quantitative estimate of drug-likeness (QED) is 0.487. The third-order valence-corrected chi connectivity index (χ3v) is 4.58. The second-order valence-electron chi connectivity index (χ2n) is 6.66. The number of carbonyl (C=O) groups excluding carboxylic acids is 1. The molecule has 2 N–H and O–H groups in total. The summed E-state index contributed by atoms with van der Waals surface area (Å²) >= 11 is 0. The van der Waals surface area contributed by atoms with E-state index in [9.17, 15) is 4.79 Å². The number of nitrogens with one attached hydrogen (secondary N) is 2. The Morgan fingerprint density at radius 1 is 1.07 bits per heavy atom. The Kier molecular flexibility index (Phi) is 5.06. The maximum absolute atomic E-state index is 12.1. The third kappa shape index (κ3) is 4.04. The Morgan fingerprint density at radius 2 is 1.86 bits per heavy atom. The summed E-state index contributed by atoms with van der Waals surface area (Å²) in [7, 11) is 0. The summed E-state index contributed by atoms with van der Waals surface area (Å²) in [5.74, 6) is 1.54. The average Bonchev–Trinajstić information content (AvgIpc) is 3.10. The number of hydrogen-bond acceptors (Lipinski definition) is 3. The number of para-hydroxylation sites is 1. The van der Waals surface area contributed by atoms with Gasteiger partial charge in [0.05, 0.1) is 5.39 Å². The van der Waals surface area contributed by atoms with E-state index in [1.54, 1.807) is 6.20 Å². The molecule has 0 fully saturated rings. The van der Waals surface area contributed by atoms with Gasteiger partial charge in [-0.05, 0) is 54.8 Å². The lowest BCUT2D eigenvalue weighted by Crippen LogP contribution is -2.12. The number of H-pyrrole nitrogens is 1. The minimum Gasteiger partial charge on any atom is -0.457 e. The largest absolute Gasteiger partial charge is 0.457 e. The van der Waals surface area contributed by atoms with E-state index in [-0.39, 0.29) is 5.91 Å². The Bertz CT molecular complexity index is 1090. The topological polar surface area (TPSA) is 67.0 Å². The van der Waals surface area contributed by atoms with Crippen molar-refractivity contribution in [3.63, 3.8) is 0 Å². The fraction of sp³-hybridized carbons (Fsp3) is 0.130. The van der Waals surface area contributed by atoms with Gasteiger partial charge in [-0.3, -0.25) is 4.79 Å². The predicted molar refractivity (Wildman–Crippen MR) is 111 cm³/mol. The first-order chi connectivity index (χ1) is 13.7. The zero-order chi connectivity index (χ0) is 19.3. The normalized spacial score (nSPS) is 10.8. The lowest BCUT2D eigenvalue weighted by molar-refractivity contribution is -0.116. The van der Waals surface area contributed by atoms with Crippen LogP contribution in [0.2, 0.25) is 0 Å². The summed E-state index contributed by atoms with van der Waals surface area (Å²) in [6.45, 7) is 2.02. The summed E-state index contributed by atoms with van der Waals surface area (Å²) < 4.78 is 6.05. The molecule has 0 aliphatic carbocycles. The predicted octanol–water partition coefficient (Wildman–Crippen LogP) is 5.23. The fourth-order valence-corrected chi connectivity index (χ4v) is 3.12. The molecular weight excluding hydrogens is 350 g/mol. The zero-order valence-corrected chi connectivity index (χ0v) is 15.6. The van der Waals surface area contributed by atoms with E-state index < -0.39 is 0 Å². The number of aromatic nitrogens is 2. The van der Waals surface area contributed by atoms with Gasteiger partial charge in [0.2, 0.25) is 5.91 Å². The molecule has 0 saturated heterocycles. The Labute approximate surface area is 163 Å². The fourth-order valence-electron chi connectivity index (χ4n) is 3.12. The molecule has 2 heterocycles. The Morgan fingerprint density at radius 3 is 2.64 bits per heavy atom. The number of aryl methyl sites for hydroxylation is 2. The van der Waals surface area contributed by atoms with Gasteiger partial charge in [-0.1, -0.05) is 30.3 Å². The number of hydrogen-bond donors (Lipinski definition) is 2. The number of amides is 1. The molecule has 0 atom stereocenters. The van der Waals surface area contributed by atoms with Crippen LogP contribution in [0, 0.1) is 6.92 Å². The van der Waals surface area contributed by atoms with Crippen LogP contribution in [-0.2, 0) is 11.2 Å². The molecule has 1 amide bonds. The van der Waals surface area contributed by atoms with E-state index in [1.165, 1.54) is 0 Å². The van der Waals surface area contributed by atoms with Crippen molar-refractivity contribution >= 4 is 22.6 Å². The van der Waals surface area contributed by atoms with E-state index in [2.05, 4.69) is 15.3 Å². The van der Waals surface area contributed by atoms with Crippen LogP contribution in [0.3, 0.4) is 0 Å². The summed E-state index contributed by atoms with van der Waals surface area (Å²) in [5.41, 5.74) is 3.82. The molecule has 4 aromatic rings. The van der Waals surface area contributed by atoms with Gasteiger partial charge in [-0.15, -0.1) is 0 Å². The molecule has 140 valence electrons. The van der Waals surface area contributed by atoms with E-state index in [1.807, 2.05) is 73.8 Å². The summed E-state index contributed by atoms with van der Waals surface area (Å²) in [5, 5.41) is 3.89. The summed E-state index contributed by atoms with van der Waals surface area (Å²) in [4.78, 5) is 19.5. The molecule has 5 heteroatoms. The smallest absolute Gasteiger partial charge is 0.224 e. The second-order valence-corrected chi connectivity index (χ2v) is 6.66. The number of ether oxygens (including phenoxy) is 1. The van der Waals surface area contributed by atoms with Crippen molar-refractivity contribution in [1.82, 2.24) is 9.97 Å². The highest BCUT2D eigenvalue weighted by atomic mass is 16.5. The molecule has 4 rings (SSSR count). The second kappa shape index (κ2) is 7.96. The highest BCUT2D eigenvalue weighted by molar-refractivity contribution is 5.90. The van der Waals surface area contributed by atoms with Gasteiger partial charge in [0.25, 0.3) is 0 Å². The van der Waals surface area contributed by atoms with Gasteiger partial charge in [-0.25, -0.2) is 4.98 Å². The van der Waals surface area contributed by atoms with Crippen LogP contribution in [0.1, 0.15) is 17.5 Å². The van der Waals surface area contributed by atoms with Crippen molar-refractivity contribution in [3.8, 4) is 11.5 Å². The molecule has 0 spiro atoms. The minimum absolute atomic E-state index is 0.00800. The third-order valence-electron chi connectivity index (χ3n) is 4.58. The average molecular weight is 371 g/mol. The maximum atomic E-state index is 12.1. The standard InChI is InChI=1S/C23H21N3O2/c1-16-15-25-23-22(16)20(13-14-24-23)28-19-10-7-17(8-11-19)9-12-21(27)26-18-5-3-2-4-6-18/h2-8,10-11,13-15H,9,12H2,1H3,(H,24,25)(H,26,27). The number of pyridine rings is 1. The SMILES string of the molecule is Cc1c[nH]c2nccc(Oc3ccc(CCC(=O)Nc4ccccc4)cc3)c12. The van der Waals surface area contributed by atoms with Gasteiger partial charge in [0.15, 0.2) is 0 Å². The van der Waals surface area contributed by atoms with Crippen LogP contribution in [0.15, 0.2) is 73.1 Å². The molecule has 5 nitrogen and oxygen atoms in total. The molecule has 2 aromatic carbocycles. The Balaban J connectivity index is 1.37. The monoisotopic (exact) mass is 371 g/mol. The van der Waals surface area contributed by atoms with Crippen LogP contribution in [-0.4, -0.2) is 15.9 Å². The molecule has 0 aliphatic rings. The van der Waals surface area contributed by atoms with Gasteiger partial charge in [0, 0.05) is 24.5 Å². The van der Waals surface area contributed by atoms with Gasteiger partial charge < -0.3 is 15.0 Å². The summed E-state index contributed by atoms with van der Waals surface area (Å²) in [6.07, 6.45) is 4.76. The van der Waals surface area contributed by atoms with E-state index in [0.717, 1.165) is 39.3 Å². The number of rotatable bonds is 6. The van der Waals surface area contributed by atoms with Gasteiger partial charge in [0.1, 0.15) is 17.1 Å². The van der Waals surface area contributed by atoms with Crippen molar-refractivity contribution in [3.05, 3.63) is 84.2 Å². The van der Waals surface area contributed by atoms with Gasteiger partial charge >= 0.3 is 0 Å². The molecule has 0 unspecified atom stereocenters. The van der Waals surface area contributed by atoms with Crippen LogP contribution >= 0.6 is 0 Å².